The highest BCUT2D eigenvalue weighted by Crippen LogP contribution is 2.34. The Labute approximate surface area is 101 Å². The van der Waals surface area contributed by atoms with Crippen LogP contribution in [0.15, 0.2) is 24.3 Å². The summed E-state index contributed by atoms with van der Waals surface area (Å²) < 4.78 is 19.0. The van der Waals surface area contributed by atoms with E-state index in [0.29, 0.717) is 5.92 Å². The van der Waals surface area contributed by atoms with E-state index in [4.69, 9.17) is 4.74 Å². The number of benzene rings is 1. The standard InChI is InChI=1S/C14H18FNO/c15-12-3-1-2-10(8-12)14-11(6-7-17-14)9-16-13-4-5-13/h1-3,8,11,13-14,16H,4-7,9H2. The summed E-state index contributed by atoms with van der Waals surface area (Å²) in [5.41, 5.74) is 0.977. The average molecular weight is 235 g/mol. The van der Waals surface area contributed by atoms with Crippen molar-refractivity contribution >= 4 is 0 Å². The second-order valence-electron chi connectivity index (χ2n) is 5.08. The molecule has 17 heavy (non-hydrogen) atoms. The van der Waals surface area contributed by atoms with Gasteiger partial charge in [0, 0.05) is 25.1 Å². The van der Waals surface area contributed by atoms with E-state index >= 15 is 0 Å². The van der Waals surface area contributed by atoms with Crippen LogP contribution in [0.2, 0.25) is 0 Å². The highest BCUT2D eigenvalue weighted by molar-refractivity contribution is 5.20. The molecule has 3 rings (SSSR count). The fourth-order valence-corrected chi connectivity index (χ4v) is 2.50. The van der Waals surface area contributed by atoms with Crippen molar-refractivity contribution in [2.45, 2.75) is 31.4 Å². The molecule has 1 aromatic rings. The van der Waals surface area contributed by atoms with Crippen LogP contribution in [0, 0.1) is 11.7 Å². The van der Waals surface area contributed by atoms with Gasteiger partial charge in [-0.1, -0.05) is 12.1 Å². The zero-order chi connectivity index (χ0) is 11.7. The van der Waals surface area contributed by atoms with Crippen molar-refractivity contribution in [3.63, 3.8) is 0 Å². The fourth-order valence-electron chi connectivity index (χ4n) is 2.50. The normalized spacial score (nSPS) is 28.5. The van der Waals surface area contributed by atoms with Gasteiger partial charge in [-0.25, -0.2) is 4.39 Å². The van der Waals surface area contributed by atoms with Crippen LogP contribution in [0.4, 0.5) is 4.39 Å². The van der Waals surface area contributed by atoms with Crippen molar-refractivity contribution in [1.82, 2.24) is 5.32 Å². The molecule has 0 amide bonds. The number of ether oxygens (including phenoxy) is 1. The maximum Gasteiger partial charge on any atom is 0.123 e. The maximum atomic E-state index is 13.2. The SMILES string of the molecule is Fc1cccc(C2OCCC2CNC2CC2)c1. The molecule has 1 aliphatic heterocycles. The first-order valence-electron chi connectivity index (χ1n) is 6.43. The third-order valence-corrected chi connectivity index (χ3v) is 3.64. The van der Waals surface area contributed by atoms with Gasteiger partial charge >= 0.3 is 0 Å². The predicted octanol–water partition coefficient (Wildman–Crippen LogP) is 2.66. The Morgan fingerprint density at radius 1 is 1.29 bits per heavy atom. The van der Waals surface area contributed by atoms with E-state index in [1.807, 2.05) is 6.07 Å². The van der Waals surface area contributed by atoms with Crippen LogP contribution in [-0.2, 0) is 4.74 Å². The van der Waals surface area contributed by atoms with Gasteiger partial charge in [-0.3, -0.25) is 0 Å². The summed E-state index contributed by atoms with van der Waals surface area (Å²) in [5, 5.41) is 3.54. The zero-order valence-corrected chi connectivity index (χ0v) is 9.86. The molecule has 1 aromatic carbocycles. The van der Waals surface area contributed by atoms with E-state index in [-0.39, 0.29) is 11.9 Å². The number of nitrogens with one attached hydrogen (secondary N) is 1. The first-order chi connectivity index (χ1) is 8.33. The van der Waals surface area contributed by atoms with Crippen LogP contribution in [0.5, 0.6) is 0 Å². The lowest BCUT2D eigenvalue weighted by atomic mass is 9.95. The molecule has 1 saturated heterocycles. The lowest BCUT2D eigenvalue weighted by Crippen LogP contribution is -2.26. The summed E-state index contributed by atoms with van der Waals surface area (Å²) in [6.45, 7) is 1.78. The lowest BCUT2D eigenvalue weighted by molar-refractivity contribution is 0.0902. The van der Waals surface area contributed by atoms with E-state index in [9.17, 15) is 4.39 Å². The minimum absolute atomic E-state index is 0.0666. The van der Waals surface area contributed by atoms with Crippen LogP contribution in [0.3, 0.4) is 0 Å². The number of hydrogen-bond acceptors (Lipinski definition) is 2. The molecule has 2 fully saturated rings. The van der Waals surface area contributed by atoms with Gasteiger partial charge in [0.05, 0.1) is 6.10 Å². The summed E-state index contributed by atoms with van der Waals surface area (Å²) >= 11 is 0. The molecule has 1 saturated carbocycles. The first kappa shape index (κ1) is 11.2. The summed E-state index contributed by atoms with van der Waals surface area (Å²) in [6, 6.07) is 7.53. The van der Waals surface area contributed by atoms with Gasteiger partial charge in [-0.2, -0.15) is 0 Å². The number of hydrogen-bond donors (Lipinski definition) is 1. The molecule has 0 aromatic heterocycles. The Balaban J connectivity index is 1.67. The van der Waals surface area contributed by atoms with Crippen LogP contribution < -0.4 is 5.32 Å². The molecule has 0 bridgehead atoms. The van der Waals surface area contributed by atoms with Crippen LogP contribution >= 0.6 is 0 Å². The van der Waals surface area contributed by atoms with Crippen LogP contribution in [0.25, 0.3) is 0 Å². The average Bonchev–Trinajstić information content (AvgIpc) is 3.04. The number of halogens is 1. The van der Waals surface area contributed by atoms with Crippen molar-refractivity contribution in [2.75, 3.05) is 13.2 Å². The highest BCUT2D eigenvalue weighted by atomic mass is 19.1. The van der Waals surface area contributed by atoms with Crippen LogP contribution in [0.1, 0.15) is 30.9 Å². The Hall–Kier alpha value is -0.930. The van der Waals surface area contributed by atoms with Crippen molar-refractivity contribution < 1.29 is 9.13 Å². The van der Waals surface area contributed by atoms with Gasteiger partial charge in [0.25, 0.3) is 0 Å². The molecule has 2 nitrogen and oxygen atoms in total. The smallest absolute Gasteiger partial charge is 0.123 e. The molecule has 1 aliphatic carbocycles. The Morgan fingerprint density at radius 3 is 2.94 bits per heavy atom. The molecule has 2 unspecified atom stereocenters. The van der Waals surface area contributed by atoms with E-state index in [1.54, 1.807) is 12.1 Å². The summed E-state index contributed by atoms with van der Waals surface area (Å²) in [7, 11) is 0. The molecule has 2 atom stereocenters. The fraction of sp³-hybridized carbons (Fsp3) is 0.571. The molecule has 1 heterocycles. The second-order valence-corrected chi connectivity index (χ2v) is 5.08. The van der Waals surface area contributed by atoms with E-state index < -0.39 is 0 Å². The highest BCUT2D eigenvalue weighted by Gasteiger charge is 2.31. The molecule has 3 heteroatoms. The van der Waals surface area contributed by atoms with Gasteiger partial charge in [0.2, 0.25) is 0 Å². The quantitative estimate of drug-likeness (QED) is 0.866. The van der Waals surface area contributed by atoms with E-state index in [2.05, 4.69) is 5.32 Å². The minimum atomic E-state index is -0.174. The molecule has 0 spiro atoms. The summed E-state index contributed by atoms with van der Waals surface area (Å²) in [5.74, 6) is 0.310. The predicted molar refractivity (Wildman–Crippen MR) is 64.2 cm³/mol. The van der Waals surface area contributed by atoms with Gasteiger partial charge < -0.3 is 10.1 Å². The van der Waals surface area contributed by atoms with Gasteiger partial charge in [0.15, 0.2) is 0 Å². The summed E-state index contributed by atoms with van der Waals surface area (Å²) in [6.07, 6.45) is 3.74. The van der Waals surface area contributed by atoms with E-state index in [0.717, 1.165) is 31.2 Å². The molecular formula is C14H18FNO. The molecule has 2 aliphatic rings. The number of rotatable bonds is 4. The second kappa shape index (κ2) is 4.75. The largest absolute Gasteiger partial charge is 0.373 e. The zero-order valence-electron chi connectivity index (χ0n) is 9.86. The molecule has 0 radical (unpaired) electrons. The third kappa shape index (κ3) is 2.67. The lowest BCUT2D eigenvalue weighted by Gasteiger charge is -2.19. The molecular weight excluding hydrogens is 217 g/mol. The van der Waals surface area contributed by atoms with Gasteiger partial charge in [-0.15, -0.1) is 0 Å². The van der Waals surface area contributed by atoms with Gasteiger partial charge in [0.1, 0.15) is 5.82 Å². The Morgan fingerprint density at radius 2 is 2.18 bits per heavy atom. The molecule has 92 valence electrons. The topological polar surface area (TPSA) is 21.3 Å². The van der Waals surface area contributed by atoms with Crippen LogP contribution in [-0.4, -0.2) is 19.2 Å². The van der Waals surface area contributed by atoms with Crippen molar-refractivity contribution in [2.24, 2.45) is 5.92 Å². The van der Waals surface area contributed by atoms with Gasteiger partial charge in [-0.05, 0) is 37.0 Å². The monoisotopic (exact) mass is 235 g/mol. The summed E-state index contributed by atoms with van der Waals surface area (Å²) in [4.78, 5) is 0. The van der Waals surface area contributed by atoms with E-state index in [1.165, 1.54) is 18.9 Å². The minimum Gasteiger partial charge on any atom is -0.373 e. The molecule has 1 N–H and O–H groups in total. The Bertz CT molecular complexity index is 392. The van der Waals surface area contributed by atoms with Crippen molar-refractivity contribution in [3.8, 4) is 0 Å². The maximum absolute atomic E-state index is 13.2. The first-order valence-corrected chi connectivity index (χ1v) is 6.43. The third-order valence-electron chi connectivity index (χ3n) is 3.64. The van der Waals surface area contributed by atoms with Crippen molar-refractivity contribution in [3.05, 3.63) is 35.6 Å². The van der Waals surface area contributed by atoms with Crippen molar-refractivity contribution in [1.29, 1.82) is 0 Å². The Kier molecular flexibility index (Phi) is 3.12.